The fourth-order valence-corrected chi connectivity index (χ4v) is 3.67. The molecule has 1 saturated carbocycles. The Morgan fingerprint density at radius 2 is 1.78 bits per heavy atom. The molecule has 1 aliphatic rings. The van der Waals surface area contributed by atoms with Crippen LogP contribution in [0.2, 0.25) is 0 Å². The lowest BCUT2D eigenvalue weighted by Gasteiger charge is -2.28. The summed E-state index contributed by atoms with van der Waals surface area (Å²) in [5.74, 6) is 0.663. The van der Waals surface area contributed by atoms with Crippen LogP contribution in [0.3, 0.4) is 0 Å². The molecular formula is C17H26N2O3S. The summed E-state index contributed by atoms with van der Waals surface area (Å²) in [7, 11) is -1.87. The maximum atomic E-state index is 12.5. The summed E-state index contributed by atoms with van der Waals surface area (Å²) in [5, 5.41) is 5.10. The molecule has 1 aromatic rings. The first-order valence-electron chi connectivity index (χ1n) is 8.17. The Hall–Kier alpha value is -1.40. The topological polar surface area (TPSA) is 80.5 Å². The van der Waals surface area contributed by atoms with Crippen LogP contribution in [0.5, 0.6) is 0 Å². The Bertz CT molecular complexity index is 634. The zero-order chi connectivity index (χ0) is 17.0. The third kappa shape index (κ3) is 4.78. The van der Waals surface area contributed by atoms with Crippen molar-refractivity contribution in [1.82, 2.24) is 4.90 Å². The van der Waals surface area contributed by atoms with E-state index in [1.54, 1.807) is 17.0 Å². The van der Waals surface area contributed by atoms with E-state index in [9.17, 15) is 13.2 Å². The van der Waals surface area contributed by atoms with E-state index in [2.05, 4.69) is 0 Å². The van der Waals surface area contributed by atoms with Gasteiger partial charge in [0.25, 0.3) is 0 Å². The van der Waals surface area contributed by atoms with Crippen LogP contribution in [-0.2, 0) is 14.8 Å². The molecule has 23 heavy (non-hydrogen) atoms. The Morgan fingerprint density at radius 3 is 2.30 bits per heavy atom. The molecule has 0 heterocycles. The highest BCUT2D eigenvalue weighted by molar-refractivity contribution is 7.89. The number of primary sulfonamides is 1. The highest BCUT2D eigenvalue weighted by atomic mass is 32.2. The monoisotopic (exact) mass is 338 g/mol. The van der Waals surface area contributed by atoms with Crippen LogP contribution in [0.15, 0.2) is 29.2 Å². The summed E-state index contributed by atoms with van der Waals surface area (Å²) in [6.07, 6.45) is 6.65. The number of carbonyl (C=O) groups is 1. The fourth-order valence-electron chi connectivity index (χ4n) is 3.16. The van der Waals surface area contributed by atoms with Crippen molar-refractivity contribution >= 4 is 15.9 Å². The Kier molecular flexibility index (Phi) is 5.81. The van der Waals surface area contributed by atoms with E-state index in [-0.39, 0.29) is 16.8 Å². The molecule has 1 atom stereocenters. The van der Waals surface area contributed by atoms with Gasteiger partial charge < -0.3 is 4.90 Å². The maximum Gasteiger partial charge on any atom is 0.238 e. The third-order valence-corrected chi connectivity index (χ3v) is 5.78. The Morgan fingerprint density at radius 1 is 1.22 bits per heavy atom. The SMILES string of the molecule is C[C@@H](c1ccc(S(N)(=O)=O)cc1)N(C)C(=O)CC1CCCCC1. The number of hydrogen-bond donors (Lipinski definition) is 1. The molecule has 5 nitrogen and oxygen atoms in total. The highest BCUT2D eigenvalue weighted by Crippen LogP contribution is 2.28. The standard InChI is InChI=1S/C17H26N2O3S/c1-13(15-8-10-16(11-9-15)23(18,21)22)19(2)17(20)12-14-6-4-3-5-7-14/h8-11,13-14H,3-7,12H2,1-2H3,(H2,18,21,22)/t13-/m0/s1. The number of nitrogens with two attached hydrogens (primary N) is 1. The number of carbonyl (C=O) groups excluding carboxylic acids is 1. The van der Waals surface area contributed by atoms with Gasteiger partial charge in [0.2, 0.25) is 15.9 Å². The second-order valence-electron chi connectivity index (χ2n) is 6.50. The molecule has 1 aromatic carbocycles. The minimum absolute atomic E-state index is 0.0876. The van der Waals surface area contributed by atoms with Gasteiger partial charge in [-0.1, -0.05) is 31.4 Å². The van der Waals surface area contributed by atoms with Gasteiger partial charge in [-0.25, -0.2) is 13.6 Å². The van der Waals surface area contributed by atoms with E-state index in [4.69, 9.17) is 5.14 Å². The van der Waals surface area contributed by atoms with E-state index >= 15 is 0 Å². The van der Waals surface area contributed by atoms with Crippen LogP contribution in [-0.4, -0.2) is 26.3 Å². The minimum Gasteiger partial charge on any atom is -0.339 e. The van der Waals surface area contributed by atoms with Gasteiger partial charge in [0, 0.05) is 13.5 Å². The molecule has 0 spiro atoms. The quantitative estimate of drug-likeness (QED) is 0.896. The summed E-state index contributed by atoms with van der Waals surface area (Å²) in [5.41, 5.74) is 0.900. The van der Waals surface area contributed by atoms with Crippen LogP contribution in [0.1, 0.15) is 57.1 Å². The lowest BCUT2D eigenvalue weighted by molar-refractivity contribution is -0.133. The summed E-state index contributed by atoms with van der Waals surface area (Å²) in [6, 6.07) is 6.31. The molecule has 6 heteroatoms. The van der Waals surface area contributed by atoms with Gasteiger partial charge in [-0.3, -0.25) is 4.79 Å². The van der Waals surface area contributed by atoms with Gasteiger partial charge in [0.15, 0.2) is 0 Å². The summed E-state index contributed by atoms with van der Waals surface area (Å²) < 4.78 is 22.6. The van der Waals surface area contributed by atoms with Crippen molar-refractivity contribution < 1.29 is 13.2 Å². The summed E-state index contributed by atoms with van der Waals surface area (Å²) in [6.45, 7) is 1.95. The maximum absolute atomic E-state index is 12.5. The van der Waals surface area contributed by atoms with Gasteiger partial charge in [-0.05, 0) is 43.4 Å². The van der Waals surface area contributed by atoms with Crippen molar-refractivity contribution in [3.8, 4) is 0 Å². The summed E-state index contributed by atoms with van der Waals surface area (Å²) in [4.78, 5) is 14.3. The molecule has 128 valence electrons. The second-order valence-corrected chi connectivity index (χ2v) is 8.06. The van der Waals surface area contributed by atoms with E-state index in [1.165, 1.54) is 31.4 Å². The molecule has 1 fully saturated rings. The molecule has 0 radical (unpaired) electrons. The molecule has 0 bridgehead atoms. The molecule has 1 amide bonds. The number of hydrogen-bond acceptors (Lipinski definition) is 3. The normalized spacial score (nSPS) is 17.7. The van der Waals surface area contributed by atoms with E-state index in [0.29, 0.717) is 12.3 Å². The molecule has 2 N–H and O–H groups in total. The van der Waals surface area contributed by atoms with Crippen molar-refractivity contribution in [3.63, 3.8) is 0 Å². The predicted molar refractivity (Wildman–Crippen MR) is 90.2 cm³/mol. The van der Waals surface area contributed by atoms with Crippen LogP contribution in [0.25, 0.3) is 0 Å². The van der Waals surface area contributed by atoms with Crippen LogP contribution in [0, 0.1) is 5.92 Å². The Labute approximate surface area is 138 Å². The molecular weight excluding hydrogens is 312 g/mol. The van der Waals surface area contributed by atoms with Crippen LogP contribution >= 0.6 is 0 Å². The Balaban J connectivity index is 2.00. The van der Waals surface area contributed by atoms with E-state index in [1.807, 2.05) is 14.0 Å². The lowest BCUT2D eigenvalue weighted by Crippen LogP contribution is -2.31. The van der Waals surface area contributed by atoms with Crippen molar-refractivity contribution in [2.24, 2.45) is 11.1 Å². The zero-order valence-electron chi connectivity index (χ0n) is 13.9. The number of rotatable bonds is 5. The highest BCUT2D eigenvalue weighted by Gasteiger charge is 2.22. The first-order chi connectivity index (χ1) is 10.8. The van der Waals surface area contributed by atoms with Crippen LogP contribution in [0.4, 0.5) is 0 Å². The van der Waals surface area contributed by atoms with Gasteiger partial charge in [0.05, 0.1) is 10.9 Å². The smallest absolute Gasteiger partial charge is 0.238 e. The predicted octanol–water partition coefficient (Wildman–Crippen LogP) is 2.82. The first kappa shape index (κ1) is 17.9. The van der Waals surface area contributed by atoms with Gasteiger partial charge in [-0.15, -0.1) is 0 Å². The largest absolute Gasteiger partial charge is 0.339 e. The van der Waals surface area contributed by atoms with Gasteiger partial charge in [-0.2, -0.15) is 0 Å². The second kappa shape index (κ2) is 7.45. The number of sulfonamides is 1. The number of nitrogens with zero attached hydrogens (tertiary/aromatic N) is 1. The van der Waals surface area contributed by atoms with Crippen molar-refractivity contribution in [2.75, 3.05) is 7.05 Å². The van der Waals surface area contributed by atoms with Crippen LogP contribution < -0.4 is 5.14 Å². The average molecular weight is 338 g/mol. The summed E-state index contributed by atoms with van der Waals surface area (Å²) >= 11 is 0. The average Bonchev–Trinajstić information content (AvgIpc) is 2.53. The molecule has 0 aliphatic heterocycles. The molecule has 0 saturated heterocycles. The molecule has 0 unspecified atom stereocenters. The zero-order valence-corrected chi connectivity index (χ0v) is 14.7. The number of benzene rings is 1. The van der Waals surface area contributed by atoms with Crippen molar-refractivity contribution in [2.45, 2.75) is 56.4 Å². The van der Waals surface area contributed by atoms with Crippen molar-refractivity contribution in [1.29, 1.82) is 0 Å². The third-order valence-electron chi connectivity index (χ3n) is 4.85. The molecule has 0 aromatic heterocycles. The molecule has 2 rings (SSSR count). The number of amides is 1. The first-order valence-corrected chi connectivity index (χ1v) is 9.72. The minimum atomic E-state index is -3.68. The van der Waals surface area contributed by atoms with E-state index < -0.39 is 10.0 Å². The van der Waals surface area contributed by atoms with E-state index in [0.717, 1.165) is 18.4 Å². The fraction of sp³-hybridized carbons (Fsp3) is 0.588. The van der Waals surface area contributed by atoms with Crippen molar-refractivity contribution in [3.05, 3.63) is 29.8 Å². The lowest BCUT2D eigenvalue weighted by atomic mass is 9.86. The van der Waals surface area contributed by atoms with Gasteiger partial charge in [0.1, 0.15) is 0 Å². The van der Waals surface area contributed by atoms with Gasteiger partial charge >= 0.3 is 0 Å². The molecule has 1 aliphatic carbocycles.